The molecule has 0 spiro atoms. The van der Waals surface area contributed by atoms with Gasteiger partial charge in [0.1, 0.15) is 16.9 Å². The molecule has 0 aliphatic carbocycles. The van der Waals surface area contributed by atoms with Crippen LogP contribution in [0.2, 0.25) is 0 Å². The largest absolute Gasteiger partial charge is 0.493 e. The second-order valence-corrected chi connectivity index (χ2v) is 8.11. The van der Waals surface area contributed by atoms with Gasteiger partial charge in [0.15, 0.2) is 17.0 Å². The van der Waals surface area contributed by atoms with Crippen molar-refractivity contribution < 1.29 is 23.8 Å². The predicted octanol–water partition coefficient (Wildman–Crippen LogP) is 3.17. The van der Waals surface area contributed by atoms with Crippen LogP contribution >= 0.6 is 0 Å². The van der Waals surface area contributed by atoms with E-state index in [4.69, 9.17) is 14.2 Å². The predicted molar refractivity (Wildman–Crippen MR) is 133 cm³/mol. The summed E-state index contributed by atoms with van der Waals surface area (Å²) in [4.78, 5) is 48.8. The number of esters is 1. The molecule has 10 nitrogen and oxygen atoms in total. The number of carbonyl (C=O) groups excluding carboxylic acids is 2. The first kappa shape index (κ1) is 24.6. The summed E-state index contributed by atoms with van der Waals surface area (Å²) in [5, 5.41) is 0.195. The number of ether oxygens (including phenoxy) is 3. The van der Waals surface area contributed by atoms with E-state index in [0.717, 1.165) is 0 Å². The van der Waals surface area contributed by atoms with Gasteiger partial charge in [0.2, 0.25) is 0 Å². The molecular formula is C26H26N4O6. The number of hydrogen-bond donors (Lipinski definition) is 0. The van der Waals surface area contributed by atoms with E-state index in [9.17, 15) is 14.4 Å². The van der Waals surface area contributed by atoms with Crippen LogP contribution in [-0.2, 0) is 4.74 Å². The summed E-state index contributed by atoms with van der Waals surface area (Å²) in [7, 11) is 2.89. The molecular weight excluding hydrogens is 464 g/mol. The zero-order valence-corrected chi connectivity index (χ0v) is 20.6. The fraction of sp³-hybridized carbons (Fsp3) is 0.269. The van der Waals surface area contributed by atoms with Crippen LogP contribution in [0.4, 0.5) is 0 Å². The maximum atomic E-state index is 13.4. The Bertz CT molecular complexity index is 1620. The Morgan fingerprint density at radius 1 is 1.06 bits per heavy atom. The summed E-state index contributed by atoms with van der Waals surface area (Å²) < 4.78 is 18.9. The number of aromatic nitrogens is 3. The Labute approximate surface area is 206 Å². The summed E-state index contributed by atoms with van der Waals surface area (Å²) in [5.74, 6) is -0.802. The summed E-state index contributed by atoms with van der Waals surface area (Å²) in [6, 6.07) is 11.1. The Hall–Kier alpha value is -4.47. The lowest BCUT2D eigenvalue weighted by Crippen LogP contribution is -2.33. The van der Waals surface area contributed by atoms with Crippen LogP contribution < -0.4 is 20.5 Å². The zero-order valence-electron chi connectivity index (χ0n) is 20.6. The molecule has 0 bridgehead atoms. The van der Waals surface area contributed by atoms with Gasteiger partial charge in [-0.15, -0.1) is 0 Å². The van der Waals surface area contributed by atoms with E-state index in [-0.39, 0.29) is 46.0 Å². The van der Waals surface area contributed by atoms with Crippen molar-refractivity contribution >= 4 is 28.6 Å². The first-order chi connectivity index (χ1) is 17.3. The molecule has 0 saturated heterocycles. The topological polar surface area (TPSA) is 113 Å². The maximum Gasteiger partial charge on any atom is 0.341 e. The number of hydrogen-bond acceptors (Lipinski definition) is 7. The first-order valence-corrected chi connectivity index (χ1v) is 11.4. The fourth-order valence-corrected chi connectivity index (χ4v) is 4.01. The van der Waals surface area contributed by atoms with Gasteiger partial charge < -0.3 is 18.8 Å². The Balaban J connectivity index is 2.14. The van der Waals surface area contributed by atoms with Gasteiger partial charge in [0.05, 0.1) is 31.8 Å². The molecule has 4 aromatic rings. The zero-order chi connectivity index (χ0) is 26.0. The average molecular weight is 491 g/mol. The second-order valence-electron chi connectivity index (χ2n) is 8.11. The van der Waals surface area contributed by atoms with Crippen molar-refractivity contribution in [2.45, 2.75) is 26.8 Å². The molecule has 186 valence electrons. The molecule has 0 atom stereocenters. The molecule has 0 fully saturated rings. The van der Waals surface area contributed by atoms with Gasteiger partial charge in [-0.05, 0) is 51.1 Å². The molecule has 0 unspecified atom stereocenters. The highest BCUT2D eigenvalue weighted by atomic mass is 16.5. The molecule has 3 heterocycles. The van der Waals surface area contributed by atoms with E-state index >= 15 is 0 Å². The van der Waals surface area contributed by atoms with Crippen LogP contribution in [0.5, 0.6) is 11.5 Å². The van der Waals surface area contributed by atoms with Crippen LogP contribution in [-0.4, -0.2) is 46.7 Å². The second kappa shape index (κ2) is 10.0. The molecule has 36 heavy (non-hydrogen) atoms. The van der Waals surface area contributed by atoms with Crippen LogP contribution in [0.1, 0.15) is 47.5 Å². The van der Waals surface area contributed by atoms with Crippen molar-refractivity contribution in [1.82, 2.24) is 14.0 Å². The van der Waals surface area contributed by atoms with Gasteiger partial charge in [-0.25, -0.2) is 9.78 Å². The third-order valence-electron chi connectivity index (χ3n) is 5.59. The van der Waals surface area contributed by atoms with Crippen LogP contribution in [0, 0.1) is 0 Å². The van der Waals surface area contributed by atoms with Crippen molar-refractivity contribution in [1.29, 1.82) is 0 Å². The van der Waals surface area contributed by atoms with Crippen LogP contribution in [0.25, 0.3) is 16.7 Å². The summed E-state index contributed by atoms with van der Waals surface area (Å²) in [6.07, 6.45) is 1.60. The Morgan fingerprint density at radius 3 is 2.50 bits per heavy atom. The SMILES string of the molecule is CCOC(=O)c1cc2c(=O)n3ccccc3nc2n(C(C)C)c1=NC(=O)c1cccc(OC)c1OC. The molecule has 1 aromatic carbocycles. The highest BCUT2D eigenvalue weighted by Gasteiger charge is 2.23. The van der Waals surface area contributed by atoms with E-state index in [1.165, 1.54) is 24.7 Å². The summed E-state index contributed by atoms with van der Waals surface area (Å²) >= 11 is 0. The number of rotatable bonds is 6. The minimum Gasteiger partial charge on any atom is -0.493 e. The van der Waals surface area contributed by atoms with Crippen LogP contribution in [0.3, 0.4) is 0 Å². The van der Waals surface area contributed by atoms with E-state index in [1.54, 1.807) is 54.1 Å². The van der Waals surface area contributed by atoms with Crippen molar-refractivity contribution in [3.8, 4) is 11.5 Å². The van der Waals surface area contributed by atoms with Crippen molar-refractivity contribution in [2.75, 3.05) is 20.8 Å². The highest BCUT2D eigenvalue weighted by molar-refractivity contribution is 5.99. The number of para-hydroxylation sites is 1. The highest BCUT2D eigenvalue weighted by Crippen LogP contribution is 2.31. The molecule has 0 radical (unpaired) electrons. The number of methoxy groups -OCH3 is 2. The molecule has 4 rings (SSSR count). The van der Waals surface area contributed by atoms with Gasteiger partial charge in [0, 0.05) is 12.2 Å². The molecule has 3 aromatic heterocycles. The van der Waals surface area contributed by atoms with Gasteiger partial charge in [-0.3, -0.25) is 14.0 Å². The first-order valence-electron chi connectivity index (χ1n) is 11.4. The Kier molecular flexibility index (Phi) is 6.86. The molecule has 0 aliphatic heterocycles. The number of fused-ring (bicyclic) bond motifs is 2. The average Bonchev–Trinajstić information content (AvgIpc) is 2.87. The monoisotopic (exact) mass is 490 g/mol. The van der Waals surface area contributed by atoms with Gasteiger partial charge in [-0.2, -0.15) is 4.99 Å². The number of amides is 1. The van der Waals surface area contributed by atoms with E-state index in [0.29, 0.717) is 17.0 Å². The smallest absolute Gasteiger partial charge is 0.341 e. The van der Waals surface area contributed by atoms with Crippen molar-refractivity contribution in [3.05, 3.63) is 75.6 Å². The van der Waals surface area contributed by atoms with Crippen LogP contribution in [0.15, 0.2) is 58.4 Å². The van der Waals surface area contributed by atoms with Gasteiger partial charge in [-0.1, -0.05) is 12.1 Å². The molecule has 0 saturated carbocycles. The summed E-state index contributed by atoms with van der Waals surface area (Å²) in [5.41, 5.74) is 0.496. The number of nitrogens with zero attached hydrogens (tertiary/aromatic N) is 4. The van der Waals surface area contributed by atoms with Gasteiger partial charge >= 0.3 is 5.97 Å². The Morgan fingerprint density at radius 2 is 1.83 bits per heavy atom. The molecule has 10 heteroatoms. The standard InChI is InChI=1S/C26H26N4O6/c1-6-36-26(33)18-14-17-22(27-20-12-7-8-13-29(20)25(17)32)30(15(2)3)23(18)28-24(31)16-10-9-11-19(34-4)21(16)35-5/h7-15H,6H2,1-5H3. The summed E-state index contributed by atoms with van der Waals surface area (Å²) in [6.45, 7) is 5.46. The van der Waals surface area contributed by atoms with Crippen molar-refractivity contribution in [2.24, 2.45) is 4.99 Å². The lowest BCUT2D eigenvalue weighted by molar-refractivity contribution is 0.0523. The molecule has 1 amide bonds. The van der Waals surface area contributed by atoms with E-state index in [1.807, 2.05) is 13.8 Å². The number of benzene rings is 1. The third kappa shape index (κ3) is 4.21. The van der Waals surface area contributed by atoms with E-state index in [2.05, 4.69) is 9.98 Å². The molecule has 0 aliphatic rings. The van der Waals surface area contributed by atoms with Gasteiger partial charge in [0.25, 0.3) is 11.5 Å². The fourth-order valence-electron chi connectivity index (χ4n) is 4.01. The minimum absolute atomic E-state index is 0.0250. The quantitative estimate of drug-likeness (QED) is 0.301. The third-order valence-corrected chi connectivity index (χ3v) is 5.59. The normalized spacial score (nSPS) is 11.8. The lowest BCUT2D eigenvalue weighted by Gasteiger charge is -2.18. The molecule has 0 N–H and O–H groups in total. The lowest BCUT2D eigenvalue weighted by atomic mass is 10.1. The maximum absolute atomic E-state index is 13.4. The number of pyridine rings is 2. The minimum atomic E-state index is -0.712. The number of carbonyl (C=O) groups is 2. The van der Waals surface area contributed by atoms with Crippen molar-refractivity contribution in [3.63, 3.8) is 0 Å². The van der Waals surface area contributed by atoms with E-state index < -0.39 is 11.9 Å².